The van der Waals surface area contributed by atoms with Crippen LogP contribution in [-0.2, 0) is 0 Å². The minimum Gasteiger partial charge on any atom is -0.381 e. The van der Waals surface area contributed by atoms with Gasteiger partial charge in [-0.3, -0.25) is 0 Å². The second-order valence-electron chi connectivity index (χ2n) is 4.66. The molecule has 17 heavy (non-hydrogen) atoms. The zero-order chi connectivity index (χ0) is 12.3. The van der Waals surface area contributed by atoms with Crippen molar-refractivity contribution in [2.45, 2.75) is 31.7 Å². The van der Waals surface area contributed by atoms with Crippen LogP contribution < -0.4 is 11.1 Å². The van der Waals surface area contributed by atoms with Crippen LogP contribution in [-0.4, -0.2) is 12.6 Å². The van der Waals surface area contributed by atoms with Gasteiger partial charge in [-0.05, 0) is 59.4 Å². The van der Waals surface area contributed by atoms with Crippen LogP contribution in [0.3, 0.4) is 0 Å². The number of anilines is 1. The highest BCUT2D eigenvalue weighted by molar-refractivity contribution is 9.10. The van der Waals surface area contributed by atoms with Gasteiger partial charge in [0.25, 0.3) is 0 Å². The molecule has 2 atom stereocenters. The predicted molar refractivity (Wildman–Crippen MR) is 72.5 cm³/mol. The first-order valence-electron chi connectivity index (χ1n) is 6.12. The topological polar surface area (TPSA) is 38.0 Å². The van der Waals surface area contributed by atoms with Crippen molar-refractivity contribution in [2.24, 2.45) is 11.7 Å². The Morgan fingerprint density at radius 2 is 2.12 bits per heavy atom. The van der Waals surface area contributed by atoms with Crippen LogP contribution in [0.1, 0.15) is 25.7 Å². The van der Waals surface area contributed by atoms with Crippen LogP contribution in [0.4, 0.5) is 10.1 Å². The number of hydrogen-bond acceptors (Lipinski definition) is 2. The normalized spacial score (nSPS) is 24.6. The smallest absolute Gasteiger partial charge is 0.125 e. The molecule has 1 fully saturated rings. The minimum atomic E-state index is -0.212. The van der Waals surface area contributed by atoms with Gasteiger partial charge in [0.1, 0.15) is 5.82 Å². The summed E-state index contributed by atoms with van der Waals surface area (Å²) >= 11 is 3.44. The lowest BCUT2D eigenvalue weighted by molar-refractivity contribution is 0.332. The highest BCUT2D eigenvalue weighted by atomic mass is 79.9. The number of rotatable bonds is 3. The van der Waals surface area contributed by atoms with Crippen molar-refractivity contribution in [3.8, 4) is 0 Å². The van der Waals surface area contributed by atoms with Crippen molar-refractivity contribution < 1.29 is 4.39 Å². The summed E-state index contributed by atoms with van der Waals surface area (Å²) in [6.07, 6.45) is 4.76. The Labute approximate surface area is 110 Å². The van der Waals surface area contributed by atoms with Crippen LogP contribution >= 0.6 is 15.9 Å². The Kier molecular flexibility index (Phi) is 4.40. The van der Waals surface area contributed by atoms with Gasteiger partial charge in [0.2, 0.25) is 0 Å². The van der Waals surface area contributed by atoms with E-state index in [2.05, 4.69) is 21.2 Å². The first-order valence-corrected chi connectivity index (χ1v) is 6.91. The summed E-state index contributed by atoms with van der Waals surface area (Å²) in [7, 11) is 0. The van der Waals surface area contributed by atoms with E-state index in [0.29, 0.717) is 18.5 Å². The Morgan fingerprint density at radius 1 is 1.35 bits per heavy atom. The fourth-order valence-corrected chi connectivity index (χ4v) is 2.85. The lowest BCUT2D eigenvalue weighted by Crippen LogP contribution is -2.36. The Hall–Kier alpha value is -0.610. The summed E-state index contributed by atoms with van der Waals surface area (Å²) in [6.45, 7) is 0.699. The predicted octanol–water partition coefficient (Wildman–Crippen LogP) is 3.52. The molecule has 2 rings (SSSR count). The van der Waals surface area contributed by atoms with Gasteiger partial charge in [-0.1, -0.05) is 12.8 Å². The van der Waals surface area contributed by atoms with Crippen molar-refractivity contribution in [1.29, 1.82) is 0 Å². The molecule has 0 heterocycles. The number of benzene rings is 1. The van der Waals surface area contributed by atoms with Crippen LogP contribution in [0.5, 0.6) is 0 Å². The molecule has 1 aromatic carbocycles. The van der Waals surface area contributed by atoms with Gasteiger partial charge in [-0.25, -0.2) is 4.39 Å². The van der Waals surface area contributed by atoms with Crippen molar-refractivity contribution in [1.82, 2.24) is 0 Å². The second-order valence-corrected chi connectivity index (χ2v) is 5.51. The van der Waals surface area contributed by atoms with E-state index >= 15 is 0 Å². The van der Waals surface area contributed by atoms with Crippen LogP contribution in [0.15, 0.2) is 22.7 Å². The van der Waals surface area contributed by atoms with Gasteiger partial charge in [-0.2, -0.15) is 0 Å². The lowest BCUT2D eigenvalue weighted by Gasteiger charge is -2.32. The fourth-order valence-electron chi connectivity index (χ4n) is 2.49. The first-order chi connectivity index (χ1) is 8.20. The molecule has 0 bridgehead atoms. The van der Waals surface area contributed by atoms with Crippen LogP contribution in [0.25, 0.3) is 0 Å². The molecule has 0 saturated heterocycles. The summed E-state index contributed by atoms with van der Waals surface area (Å²) in [4.78, 5) is 0. The van der Waals surface area contributed by atoms with Gasteiger partial charge in [-0.15, -0.1) is 0 Å². The standard InChI is InChI=1S/C13H18BrFN2/c14-11-6-5-10(15)7-13(11)17-12-4-2-1-3-9(12)8-16/h5-7,9,12,17H,1-4,8,16H2. The van der Waals surface area contributed by atoms with Crippen molar-refractivity contribution in [2.75, 3.05) is 11.9 Å². The summed E-state index contributed by atoms with van der Waals surface area (Å²) < 4.78 is 14.1. The molecule has 0 amide bonds. The van der Waals surface area contributed by atoms with Gasteiger partial charge >= 0.3 is 0 Å². The highest BCUT2D eigenvalue weighted by Gasteiger charge is 2.24. The molecule has 2 nitrogen and oxygen atoms in total. The maximum Gasteiger partial charge on any atom is 0.125 e. The van der Waals surface area contributed by atoms with Crippen molar-refractivity contribution >= 4 is 21.6 Å². The molecular weight excluding hydrogens is 283 g/mol. The molecule has 4 heteroatoms. The van der Waals surface area contributed by atoms with Gasteiger partial charge in [0, 0.05) is 10.5 Å². The SMILES string of the molecule is NCC1CCCCC1Nc1cc(F)ccc1Br. The van der Waals surface area contributed by atoms with E-state index in [-0.39, 0.29) is 5.82 Å². The first kappa shape index (κ1) is 12.8. The van der Waals surface area contributed by atoms with E-state index in [1.54, 1.807) is 6.07 Å². The molecule has 1 aromatic rings. The summed E-state index contributed by atoms with van der Waals surface area (Å²) in [5, 5.41) is 3.42. The van der Waals surface area contributed by atoms with E-state index in [0.717, 1.165) is 16.6 Å². The largest absolute Gasteiger partial charge is 0.381 e. The monoisotopic (exact) mass is 300 g/mol. The molecule has 0 radical (unpaired) electrons. The highest BCUT2D eigenvalue weighted by Crippen LogP contribution is 2.30. The van der Waals surface area contributed by atoms with Crippen LogP contribution in [0.2, 0.25) is 0 Å². The number of hydrogen-bond donors (Lipinski definition) is 2. The van der Waals surface area contributed by atoms with E-state index < -0.39 is 0 Å². The average molecular weight is 301 g/mol. The van der Waals surface area contributed by atoms with Crippen molar-refractivity contribution in [3.05, 3.63) is 28.5 Å². The third-order valence-corrected chi connectivity index (χ3v) is 4.17. The number of halogens is 2. The van der Waals surface area contributed by atoms with Crippen molar-refractivity contribution in [3.63, 3.8) is 0 Å². The maximum absolute atomic E-state index is 13.2. The molecule has 94 valence electrons. The van der Waals surface area contributed by atoms with Gasteiger partial charge in [0.15, 0.2) is 0 Å². The zero-order valence-electron chi connectivity index (χ0n) is 9.76. The Balaban J connectivity index is 2.10. The third kappa shape index (κ3) is 3.19. The summed E-state index contributed by atoms with van der Waals surface area (Å²) in [6, 6.07) is 5.09. The minimum absolute atomic E-state index is 0.212. The Bertz CT molecular complexity index is 384. The zero-order valence-corrected chi connectivity index (χ0v) is 11.3. The maximum atomic E-state index is 13.2. The Morgan fingerprint density at radius 3 is 2.88 bits per heavy atom. The van der Waals surface area contributed by atoms with E-state index in [1.807, 2.05) is 0 Å². The van der Waals surface area contributed by atoms with E-state index in [1.165, 1.54) is 31.4 Å². The molecule has 3 N–H and O–H groups in total. The van der Waals surface area contributed by atoms with E-state index in [4.69, 9.17) is 5.73 Å². The molecular formula is C13H18BrFN2. The molecule has 1 saturated carbocycles. The molecule has 0 spiro atoms. The second kappa shape index (κ2) is 5.83. The summed E-state index contributed by atoms with van der Waals surface area (Å²) in [5.74, 6) is 0.287. The van der Waals surface area contributed by atoms with Gasteiger partial charge < -0.3 is 11.1 Å². The molecule has 0 aliphatic heterocycles. The molecule has 2 unspecified atom stereocenters. The number of nitrogens with two attached hydrogens (primary N) is 1. The molecule has 1 aliphatic carbocycles. The lowest BCUT2D eigenvalue weighted by atomic mass is 9.84. The third-order valence-electron chi connectivity index (χ3n) is 3.48. The fraction of sp³-hybridized carbons (Fsp3) is 0.538. The average Bonchev–Trinajstić information content (AvgIpc) is 2.34. The number of nitrogens with one attached hydrogen (secondary N) is 1. The summed E-state index contributed by atoms with van der Waals surface area (Å²) in [5.41, 5.74) is 6.62. The molecule has 0 aromatic heterocycles. The quantitative estimate of drug-likeness (QED) is 0.896. The van der Waals surface area contributed by atoms with Crippen LogP contribution in [0, 0.1) is 11.7 Å². The molecule has 1 aliphatic rings. The van der Waals surface area contributed by atoms with E-state index in [9.17, 15) is 4.39 Å². The van der Waals surface area contributed by atoms with Gasteiger partial charge in [0.05, 0.1) is 5.69 Å².